The van der Waals surface area contributed by atoms with Crippen LogP contribution in [0.4, 0.5) is 5.69 Å². The number of nitrogens with one attached hydrogen (secondary N) is 1. The molecule has 4 aromatic rings. The largest absolute Gasteiger partial charge is 0.459 e. The van der Waals surface area contributed by atoms with Gasteiger partial charge in [0.25, 0.3) is 5.56 Å². The Morgan fingerprint density at radius 2 is 1.89 bits per heavy atom. The fourth-order valence-electron chi connectivity index (χ4n) is 4.01. The highest BCUT2D eigenvalue weighted by Crippen LogP contribution is 2.30. The van der Waals surface area contributed by atoms with Crippen LogP contribution in [-0.4, -0.2) is 27.3 Å². The van der Waals surface area contributed by atoms with Crippen LogP contribution in [0.3, 0.4) is 0 Å². The van der Waals surface area contributed by atoms with Gasteiger partial charge in [0.05, 0.1) is 5.69 Å². The van der Waals surface area contributed by atoms with E-state index in [2.05, 4.69) is 16.0 Å². The third-order valence-electron chi connectivity index (χ3n) is 5.53. The quantitative estimate of drug-likeness (QED) is 0.443. The van der Waals surface area contributed by atoms with Crippen molar-refractivity contribution < 1.29 is 9.53 Å². The standard InChI is InChI=1S/C28H25N3O3S/c1-28(2,3)34-26(32)16-31-25(13-12-18-15-29-22-10-6-4-8-20(18)22)30-23(27(31)33)14-19-17-35-24-11-7-5-9-21(19)24/h4-15,17,30H,16H2,1-3H3/b18-12?,23-14-,25-13?. The molecule has 2 aromatic carbocycles. The molecule has 176 valence electrons. The fourth-order valence-corrected chi connectivity index (χ4v) is 4.93. The summed E-state index contributed by atoms with van der Waals surface area (Å²) in [5, 5.41) is 3.51. The molecule has 1 aliphatic rings. The number of H-pyrrole nitrogens is 1. The van der Waals surface area contributed by atoms with Gasteiger partial charge in [-0.05, 0) is 67.5 Å². The van der Waals surface area contributed by atoms with E-state index in [1.807, 2.05) is 60.0 Å². The molecule has 0 aliphatic carbocycles. The summed E-state index contributed by atoms with van der Waals surface area (Å²) >= 11 is 1.63. The lowest BCUT2D eigenvalue weighted by atomic mass is 10.1. The normalized spacial score (nSPS) is 15.3. The molecule has 7 heteroatoms. The second-order valence-corrected chi connectivity index (χ2v) is 10.2. The number of benzene rings is 2. The predicted octanol–water partition coefficient (Wildman–Crippen LogP) is 4.14. The van der Waals surface area contributed by atoms with E-state index in [4.69, 9.17) is 4.74 Å². The fraction of sp³-hybridized carbons (Fsp3) is 0.179. The average Bonchev–Trinajstić information content (AvgIpc) is 3.49. The van der Waals surface area contributed by atoms with E-state index in [1.54, 1.807) is 44.4 Å². The first-order valence-electron chi connectivity index (χ1n) is 11.3. The zero-order chi connectivity index (χ0) is 24.6. The van der Waals surface area contributed by atoms with E-state index in [0.717, 1.165) is 32.5 Å². The minimum atomic E-state index is -0.641. The molecule has 0 spiro atoms. The first-order chi connectivity index (χ1) is 16.8. The SMILES string of the molecule is CC(C)(C)OC(=O)Cn1c(=CC=C2C=Nc3ccccc32)[nH]/c(=C\c2csc3ccccc23)c1=O. The van der Waals surface area contributed by atoms with Crippen LogP contribution in [0.5, 0.6) is 0 Å². The molecule has 0 saturated carbocycles. The Balaban J connectivity index is 1.62. The Bertz CT molecular complexity index is 1680. The number of hydrogen-bond acceptors (Lipinski definition) is 5. The number of ether oxygens (including phenoxy) is 1. The van der Waals surface area contributed by atoms with Crippen molar-refractivity contribution >= 4 is 57.0 Å². The lowest BCUT2D eigenvalue weighted by Crippen LogP contribution is -2.36. The number of aromatic nitrogens is 2. The predicted molar refractivity (Wildman–Crippen MR) is 143 cm³/mol. The van der Waals surface area contributed by atoms with Crippen molar-refractivity contribution in [2.24, 2.45) is 4.99 Å². The average molecular weight is 484 g/mol. The number of nitrogens with zero attached hydrogens (tertiary/aromatic N) is 2. The molecular weight excluding hydrogens is 458 g/mol. The van der Waals surface area contributed by atoms with Crippen molar-refractivity contribution in [2.45, 2.75) is 32.9 Å². The summed E-state index contributed by atoms with van der Waals surface area (Å²) in [5.74, 6) is -0.471. The van der Waals surface area contributed by atoms with Crippen molar-refractivity contribution in [3.63, 3.8) is 0 Å². The van der Waals surface area contributed by atoms with Gasteiger partial charge in [0.2, 0.25) is 0 Å². The number of aliphatic imine (C=N–C) groups is 1. The van der Waals surface area contributed by atoms with E-state index < -0.39 is 11.6 Å². The van der Waals surface area contributed by atoms with Crippen LogP contribution in [0.1, 0.15) is 31.9 Å². The van der Waals surface area contributed by atoms with Gasteiger partial charge in [0.15, 0.2) is 0 Å². The molecule has 0 fully saturated rings. The Morgan fingerprint density at radius 3 is 2.71 bits per heavy atom. The van der Waals surface area contributed by atoms with Crippen molar-refractivity contribution in [1.29, 1.82) is 0 Å². The van der Waals surface area contributed by atoms with Crippen molar-refractivity contribution in [2.75, 3.05) is 0 Å². The number of hydrogen-bond donors (Lipinski definition) is 1. The number of fused-ring (bicyclic) bond motifs is 2. The molecule has 2 aromatic heterocycles. The summed E-state index contributed by atoms with van der Waals surface area (Å²) in [5.41, 5.74) is 3.40. The van der Waals surface area contributed by atoms with Gasteiger partial charge < -0.3 is 9.72 Å². The van der Waals surface area contributed by atoms with Crippen molar-refractivity contribution in [1.82, 2.24) is 9.55 Å². The molecular formula is C28H25N3O3S. The minimum absolute atomic E-state index is 0.190. The maximum Gasteiger partial charge on any atom is 0.326 e. The van der Waals surface area contributed by atoms with E-state index in [1.165, 1.54) is 4.57 Å². The van der Waals surface area contributed by atoms with Gasteiger partial charge in [-0.25, -0.2) is 0 Å². The minimum Gasteiger partial charge on any atom is -0.459 e. The third-order valence-corrected chi connectivity index (χ3v) is 6.51. The summed E-state index contributed by atoms with van der Waals surface area (Å²) in [6, 6.07) is 15.9. The van der Waals surface area contributed by atoms with Gasteiger partial charge in [0.1, 0.15) is 23.0 Å². The Kier molecular flexibility index (Phi) is 5.86. The molecule has 5 rings (SSSR count). The van der Waals surface area contributed by atoms with E-state index in [-0.39, 0.29) is 12.1 Å². The zero-order valence-corrected chi connectivity index (χ0v) is 20.6. The molecule has 3 heterocycles. The summed E-state index contributed by atoms with van der Waals surface area (Å²) in [7, 11) is 0. The van der Waals surface area contributed by atoms with Crippen LogP contribution in [0.25, 0.3) is 27.8 Å². The van der Waals surface area contributed by atoms with Crippen LogP contribution in [0.2, 0.25) is 0 Å². The number of rotatable bonds is 4. The van der Waals surface area contributed by atoms with Gasteiger partial charge in [-0.3, -0.25) is 19.1 Å². The number of imidazole rings is 1. The molecule has 6 nitrogen and oxygen atoms in total. The number of carbonyl (C=O) groups is 1. The van der Waals surface area contributed by atoms with Crippen LogP contribution in [0.15, 0.2) is 69.8 Å². The molecule has 0 unspecified atom stereocenters. The topological polar surface area (TPSA) is 76.5 Å². The molecule has 0 amide bonds. The monoisotopic (exact) mass is 483 g/mol. The number of esters is 1. The molecule has 0 radical (unpaired) electrons. The maximum absolute atomic E-state index is 13.4. The van der Waals surface area contributed by atoms with Gasteiger partial charge >= 0.3 is 5.97 Å². The Labute approximate surface area is 206 Å². The highest BCUT2D eigenvalue weighted by Gasteiger charge is 2.18. The second-order valence-electron chi connectivity index (χ2n) is 9.30. The van der Waals surface area contributed by atoms with Gasteiger partial charge in [-0.1, -0.05) is 36.4 Å². The Hall–Kier alpha value is -3.97. The van der Waals surface area contributed by atoms with Crippen LogP contribution in [-0.2, 0) is 16.1 Å². The molecule has 1 N–H and O–H groups in total. The van der Waals surface area contributed by atoms with Crippen LogP contribution >= 0.6 is 11.3 Å². The summed E-state index contributed by atoms with van der Waals surface area (Å²) in [6.07, 6.45) is 7.34. The summed E-state index contributed by atoms with van der Waals surface area (Å²) in [6.45, 7) is 5.23. The Morgan fingerprint density at radius 1 is 1.11 bits per heavy atom. The first-order valence-corrected chi connectivity index (χ1v) is 12.2. The number of aromatic amines is 1. The summed E-state index contributed by atoms with van der Waals surface area (Å²) < 4.78 is 8.05. The second kappa shape index (κ2) is 9.00. The lowest BCUT2D eigenvalue weighted by molar-refractivity contribution is -0.155. The lowest BCUT2D eigenvalue weighted by Gasteiger charge is -2.19. The maximum atomic E-state index is 13.4. The van der Waals surface area contributed by atoms with Gasteiger partial charge in [-0.15, -0.1) is 11.3 Å². The van der Waals surface area contributed by atoms with Gasteiger partial charge in [-0.2, -0.15) is 0 Å². The number of allylic oxidation sites excluding steroid dienone is 2. The van der Waals surface area contributed by atoms with Crippen LogP contribution < -0.4 is 16.4 Å². The molecule has 1 aliphatic heterocycles. The smallest absolute Gasteiger partial charge is 0.326 e. The number of thiophene rings is 1. The van der Waals surface area contributed by atoms with E-state index in [0.29, 0.717) is 10.8 Å². The number of para-hydroxylation sites is 1. The van der Waals surface area contributed by atoms with E-state index in [9.17, 15) is 9.59 Å². The molecule has 35 heavy (non-hydrogen) atoms. The highest BCUT2D eigenvalue weighted by molar-refractivity contribution is 7.17. The van der Waals surface area contributed by atoms with Gasteiger partial charge in [0, 0.05) is 22.1 Å². The zero-order valence-electron chi connectivity index (χ0n) is 19.7. The van der Waals surface area contributed by atoms with Crippen LogP contribution in [0, 0.1) is 0 Å². The first kappa shape index (κ1) is 22.8. The van der Waals surface area contributed by atoms with Crippen molar-refractivity contribution in [3.05, 3.63) is 92.3 Å². The highest BCUT2D eigenvalue weighted by atomic mass is 32.1. The van der Waals surface area contributed by atoms with E-state index >= 15 is 0 Å². The molecule has 0 atom stereocenters. The summed E-state index contributed by atoms with van der Waals surface area (Å²) in [4.78, 5) is 33.6. The van der Waals surface area contributed by atoms with Crippen molar-refractivity contribution in [3.8, 4) is 0 Å². The molecule has 0 bridgehead atoms. The third kappa shape index (κ3) is 4.81. The number of carbonyl (C=O) groups excluding carboxylic acids is 1. The molecule has 0 saturated heterocycles.